The van der Waals surface area contributed by atoms with Crippen molar-refractivity contribution < 1.29 is 14.0 Å². The Morgan fingerprint density at radius 1 is 1.03 bits per heavy atom. The molecule has 2 aromatic heterocycles. The van der Waals surface area contributed by atoms with E-state index in [0.717, 1.165) is 4.57 Å². The second kappa shape index (κ2) is 8.76. The average molecular weight is 432 g/mol. The molecule has 2 heterocycles. The van der Waals surface area contributed by atoms with Gasteiger partial charge in [0.05, 0.1) is 35.0 Å². The largest absolute Gasteiger partial charge is 0.467 e. The summed E-state index contributed by atoms with van der Waals surface area (Å²) in [4.78, 5) is 52.6. The number of nitrogens with zero attached hydrogens (tertiary/aromatic N) is 1. The molecule has 2 amide bonds. The zero-order chi connectivity index (χ0) is 22.7. The van der Waals surface area contributed by atoms with E-state index in [1.807, 2.05) is 0 Å². The fourth-order valence-electron chi connectivity index (χ4n) is 3.34. The molecule has 0 bridgehead atoms. The zero-order valence-electron chi connectivity index (χ0n) is 17.2. The Kier molecular flexibility index (Phi) is 5.71. The maximum Gasteiger partial charge on any atom is 0.328 e. The first-order valence-corrected chi connectivity index (χ1v) is 9.95. The van der Waals surface area contributed by atoms with Gasteiger partial charge in [-0.25, -0.2) is 4.79 Å². The molecule has 4 rings (SSSR count). The summed E-state index contributed by atoms with van der Waals surface area (Å²) in [7, 11) is 0. The number of aromatic amines is 1. The van der Waals surface area contributed by atoms with Crippen LogP contribution >= 0.6 is 0 Å². The van der Waals surface area contributed by atoms with Gasteiger partial charge in [-0.15, -0.1) is 0 Å². The number of hydrogen-bond donors (Lipinski definition) is 3. The standard InChI is InChI=1S/C23H20N4O5/c1-2-27-22(30)17-10-9-14(12-19(17)26-23(27)31)20(28)25-18-8-4-3-7-16(18)21(29)24-13-15-6-5-11-32-15/h3-12H,2,13H2,1H3,(H,24,29)(H,25,28)(H,26,31). The van der Waals surface area contributed by atoms with Crippen LogP contribution in [0.2, 0.25) is 0 Å². The molecule has 0 unspecified atom stereocenters. The molecule has 0 aliphatic heterocycles. The lowest BCUT2D eigenvalue weighted by atomic mass is 10.1. The monoisotopic (exact) mass is 432 g/mol. The number of para-hydroxylation sites is 1. The highest BCUT2D eigenvalue weighted by atomic mass is 16.3. The number of nitrogens with one attached hydrogen (secondary N) is 3. The molecule has 0 saturated heterocycles. The Morgan fingerprint density at radius 3 is 2.59 bits per heavy atom. The molecular formula is C23H20N4O5. The Balaban J connectivity index is 1.58. The van der Waals surface area contributed by atoms with Crippen LogP contribution < -0.4 is 21.9 Å². The predicted molar refractivity (Wildman–Crippen MR) is 119 cm³/mol. The van der Waals surface area contributed by atoms with Crippen LogP contribution in [0.25, 0.3) is 10.9 Å². The fourth-order valence-corrected chi connectivity index (χ4v) is 3.34. The van der Waals surface area contributed by atoms with Gasteiger partial charge in [-0.05, 0) is 49.4 Å². The highest BCUT2D eigenvalue weighted by Gasteiger charge is 2.15. The van der Waals surface area contributed by atoms with Crippen molar-refractivity contribution in [2.24, 2.45) is 0 Å². The van der Waals surface area contributed by atoms with Gasteiger partial charge in [-0.1, -0.05) is 12.1 Å². The van der Waals surface area contributed by atoms with E-state index in [-0.39, 0.29) is 35.6 Å². The highest BCUT2D eigenvalue weighted by molar-refractivity contribution is 6.10. The number of anilines is 1. The van der Waals surface area contributed by atoms with Gasteiger partial charge in [0, 0.05) is 12.1 Å². The third-order valence-electron chi connectivity index (χ3n) is 4.98. The van der Waals surface area contributed by atoms with Crippen LogP contribution in [-0.4, -0.2) is 21.4 Å². The van der Waals surface area contributed by atoms with Crippen molar-refractivity contribution in [2.45, 2.75) is 20.0 Å². The minimum absolute atomic E-state index is 0.210. The number of carbonyl (C=O) groups is 2. The van der Waals surface area contributed by atoms with Gasteiger partial charge >= 0.3 is 5.69 Å². The molecule has 0 fully saturated rings. The minimum Gasteiger partial charge on any atom is -0.467 e. The lowest BCUT2D eigenvalue weighted by Gasteiger charge is -2.11. The lowest BCUT2D eigenvalue weighted by Crippen LogP contribution is -2.34. The van der Waals surface area contributed by atoms with Crippen LogP contribution in [0.4, 0.5) is 5.69 Å². The molecule has 4 aromatic rings. The SMILES string of the molecule is CCn1c(=O)[nH]c2cc(C(=O)Nc3ccccc3C(=O)NCc3ccco3)ccc2c1=O. The van der Waals surface area contributed by atoms with E-state index >= 15 is 0 Å². The summed E-state index contributed by atoms with van der Waals surface area (Å²) in [5.74, 6) is -0.258. The van der Waals surface area contributed by atoms with Gasteiger partial charge in [0.25, 0.3) is 17.4 Å². The van der Waals surface area contributed by atoms with E-state index in [4.69, 9.17) is 4.42 Å². The van der Waals surface area contributed by atoms with E-state index in [1.165, 1.54) is 24.5 Å². The number of rotatable bonds is 6. The van der Waals surface area contributed by atoms with Crippen LogP contribution in [0.5, 0.6) is 0 Å². The summed E-state index contributed by atoms with van der Waals surface area (Å²) in [5.41, 5.74) is 0.143. The first-order chi connectivity index (χ1) is 15.5. The molecule has 9 nitrogen and oxygen atoms in total. The van der Waals surface area contributed by atoms with Crippen molar-refractivity contribution in [3.63, 3.8) is 0 Å². The molecule has 32 heavy (non-hydrogen) atoms. The third kappa shape index (κ3) is 4.08. The number of amides is 2. The smallest absolute Gasteiger partial charge is 0.328 e. The average Bonchev–Trinajstić information content (AvgIpc) is 3.31. The van der Waals surface area contributed by atoms with Crippen molar-refractivity contribution in [2.75, 3.05) is 5.32 Å². The number of hydrogen-bond acceptors (Lipinski definition) is 5. The summed E-state index contributed by atoms with van der Waals surface area (Å²) in [5, 5.41) is 5.77. The molecule has 0 aliphatic carbocycles. The number of benzene rings is 2. The van der Waals surface area contributed by atoms with Gasteiger partial charge in [-0.3, -0.25) is 19.0 Å². The summed E-state index contributed by atoms with van der Waals surface area (Å²) >= 11 is 0. The molecular weight excluding hydrogens is 412 g/mol. The number of carbonyl (C=O) groups excluding carboxylic acids is 2. The van der Waals surface area contributed by atoms with Gasteiger partial charge in [-0.2, -0.15) is 0 Å². The topological polar surface area (TPSA) is 126 Å². The molecule has 0 spiro atoms. The molecule has 0 saturated carbocycles. The van der Waals surface area contributed by atoms with Crippen LogP contribution in [0, 0.1) is 0 Å². The van der Waals surface area contributed by atoms with E-state index in [9.17, 15) is 19.2 Å². The molecule has 162 valence electrons. The Labute approximate surface area is 181 Å². The van der Waals surface area contributed by atoms with Gasteiger partial charge in [0.1, 0.15) is 5.76 Å². The van der Waals surface area contributed by atoms with E-state index < -0.39 is 17.2 Å². The summed E-state index contributed by atoms with van der Waals surface area (Å²) in [6.45, 7) is 2.15. The Bertz CT molecular complexity index is 1420. The first-order valence-electron chi connectivity index (χ1n) is 9.95. The molecule has 3 N–H and O–H groups in total. The third-order valence-corrected chi connectivity index (χ3v) is 4.98. The molecule has 0 aliphatic rings. The quantitative estimate of drug-likeness (QED) is 0.432. The van der Waals surface area contributed by atoms with Crippen molar-refractivity contribution in [1.29, 1.82) is 0 Å². The number of H-pyrrole nitrogens is 1. The highest BCUT2D eigenvalue weighted by Crippen LogP contribution is 2.18. The van der Waals surface area contributed by atoms with Crippen molar-refractivity contribution >= 4 is 28.4 Å². The Hall–Kier alpha value is -4.40. The second-order valence-electron chi connectivity index (χ2n) is 7.00. The van der Waals surface area contributed by atoms with Crippen molar-refractivity contribution in [3.8, 4) is 0 Å². The number of aromatic nitrogens is 2. The maximum atomic E-state index is 12.8. The number of furan rings is 1. The summed E-state index contributed by atoms with van der Waals surface area (Å²) < 4.78 is 6.29. The zero-order valence-corrected chi connectivity index (χ0v) is 17.2. The summed E-state index contributed by atoms with van der Waals surface area (Å²) in [6.07, 6.45) is 1.52. The van der Waals surface area contributed by atoms with E-state index in [0.29, 0.717) is 16.8 Å². The van der Waals surface area contributed by atoms with E-state index in [2.05, 4.69) is 15.6 Å². The molecule has 9 heteroatoms. The second-order valence-corrected chi connectivity index (χ2v) is 7.00. The van der Waals surface area contributed by atoms with Crippen LogP contribution in [0.15, 0.2) is 74.9 Å². The maximum absolute atomic E-state index is 12.8. The Morgan fingerprint density at radius 2 is 1.84 bits per heavy atom. The van der Waals surface area contributed by atoms with Gasteiger partial charge in [0.2, 0.25) is 0 Å². The lowest BCUT2D eigenvalue weighted by molar-refractivity contribution is 0.0949. The summed E-state index contributed by atoms with van der Waals surface area (Å²) in [6, 6.07) is 14.5. The first kappa shape index (κ1) is 20.9. The minimum atomic E-state index is -0.541. The molecule has 2 aromatic carbocycles. The van der Waals surface area contributed by atoms with Crippen LogP contribution in [-0.2, 0) is 13.1 Å². The molecule has 0 atom stereocenters. The van der Waals surface area contributed by atoms with Gasteiger partial charge < -0.3 is 20.0 Å². The van der Waals surface area contributed by atoms with Crippen molar-refractivity contribution in [3.05, 3.63) is 98.6 Å². The molecule has 0 radical (unpaired) electrons. The van der Waals surface area contributed by atoms with Crippen LogP contribution in [0.3, 0.4) is 0 Å². The number of fused-ring (bicyclic) bond motifs is 1. The van der Waals surface area contributed by atoms with Crippen molar-refractivity contribution in [1.82, 2.24) is 14.9 Å². The fraction of sp³-hybridized carbons (Fsp3) is 0.130. The normalized spacial score (nSPS) is 10.8. The van der Waals surface area contributed by atoms with Crippen LogP contribution in [0.1, 0.15) is 33.4 Å². The van der Waals surface area contributed by atoms with E-state index in [1.54, 1.807) is 43.3 Å². The predicted octanol–water partition coefficient (Wildman–Crippen LogP) is 2.49. The van der Waals surface area contributed by atoms with Gasteiger partial charge in [0.15, 0.2) is 0 Å².